The Morgan fingerprint density at radius 3 is 2.06 bits per heavy atom. The fourth-order valence-electron chi connectivity index (χ4n) is 2.78. The molecule has 0 saturated heterocycles. The van der Waals surface area contributed by atoms with E-state index in [1.807, 2.05) is 26.0 Å². The first-order chi connectivity index (χ1) is 14.6. The lowest BCUT2D eigenvalue weighted by molar-refractivity contribution is -0.383. The van der Waals surface area contributed by atoms with E-state index < -0.39 is 27.4 Å². The molecule has 0 fully saturated rings. The average molecular weight is 452 g/mol. The maximum atomic E-state index is 13.1. The lowest BCUT2D eigenvalue weighted by atomic mass is 10.0. The monoisotopic (exact) mass is 451 g/mol. The van der Waals surface area contributed by atoms with E-state index in [-0.39, 0.29) is 17.3 Å². The minimum Gasteiger partial charge on any atom is -0.334 e. The van der Waals surface area contributed by atoms with Crippen LogP contribution in [0.5, 0.6) is 0 Å². The minimum absolute atomic E-state index is 0.0641. The highest BCUT2D eigenvalue weighted by Gasteiger charge is 2.33. The molecule has 0 amide bonds. The summed E-state index contributed by atoms with van der Waals surface area (Å²) in [7, 11) is 0. The Labute approximate surface area is 180 Å². The van der Waals surface area contributed by atoms with Crippen LogP contribution in [0.1, 0.15) is 30.9 Å². The molecule has 2 aromatic carbocycles. The fraction of sp³-hybridized carbons (Fsp3) is 0.200. The third-order valence-electron chi connectivity index (χ3n) is 4.38. The van der Waals surface area contributed by atoms with Crippen molar-refractivity contribution >= 4 is 40.3 Å². The quantitative estimate of drug-likeness (QED) is 0.321. The summed E-state index contributed by atoms with van der Waals surface area (Å²) in [5.74, 6) is -0.0549. The largest absolute Gasteiger partial charge is 0.417 e. The summed E-state index contributed by atoms with van der Waals surface area (Å²) in [5, 5.41) is 16.6. The van der Waals surface area contributed by atoms with Crippen LogP contribution in [0, 0.1) is 10.1 Å². The zero-order valence-electron chi connectivity index (χ0n) is 16.4. The normalized spacial score (nSPS) is 11.5. The van der Waals surface area contributed by atoms with E-state index >= 15 is 0 Å². The predicted molar refractivity (Wildman–Crippen MR) is 112 cm³/mol. The third kappa shape index (κ3) is 5.21. The van der Waals surface area contributed by atoms with Gasteiger partial charge in [-0.25, -0.2) is 9.97 Å². The van der Waals surface area contributed by atoms with Crippen molar-refractivity contribution in [3.8, 4) is 0 Å². The maximum Gasteiger partial charge on any atom is 0.417 e. The van der Waals surface area contributed by atoms with E-state index in [4.69, 9.17) is 11.6 Å². The van der Waals surface area contributed by atoms with Crippen LogP contribution in [0.25, 0.3) is 0 Å². The molecule has 2 N–H and O–H groups in total. The van der Waals surface area contributed by atoms with Gasteiger partial charge in [-0.2, -0.15) is 13.2 Å². The summed E-state index contributed by atoms with van der Waals surface area (Å²) in [6.07, 6.45) is -3.61. The molecular formula is C20H17ClF3N5O2. The zero-order valence-corrected chi connectivity index (χ0v) is 17.1. The number of nitrogens with zero attached hydrogens (tertiary/aromatic N) is 3. The zero-order chi connectivity index (χ0) is 22.8. The smallest absolute Gasteiger partial charge is 0.334 e. The number of halogens is 4. The van der Waals surface area contributed by atoms with Crippen molar-refractivity contribution < 1.29 is 18.1 Å². The minimum atomic E-state index is -4.68. The molecule has 0 saturated carbocycles. The second kappa shape index (κ2) is 8.76. The van der Waals surface area contributed by atoms with Gasteiger partial charge in [0.1, 0.15) is 6.33 Å². The molecule has 3 rings (SSSR count). The van der Waals surface area contributed by atoms with Crippen LogP contribution >= 0.6 is 11.6 Å². The Morgan fingerprint density at radius 1 is 1.00 bits per heavy atom. The van der Waals surface area contributed by atoms with Crippen molar-refractivity contribution in [2.45, 2.75) is 25.9 Å². The Bertz CT molecular complexity index is 1100. The first kappa shape index (κ1) is 22.3. The van der Waals surface area contributed by atoms with Crippen LogP contribution in [0.2, 0.25) is 5.02 Å². The van der Waals surface area contributed by atoms with Gasteiger partial charge in [-0.1, -0.05) is 37.6 Å². The molecule has 0 radical (unpaired) electrons. The van der Waals surface area contributed by atoms with E-state index in [9.17, 15) is 23.3 Å². The van der Waals surface area contributed by atoms with E-state index in [1.165, 1.54) is 6.07 Å². The van der Waals surface area contributed by atoms with Crippen LogP contribution in [-0.2, 0) is 6.18 Å². The second-order valence-corrected chi connectivity index (χ2v) is 7.30. The van der Waals surface area contributed by atoms with Crippen molar-refractivity contribution in [1.29, 1.82) is 0 Å². The number of nitrogens with one attached hydrogen (secondary N) is 2. The van der Waals surface area contributed by atoms with Gasteiger partial charge in [-0.05, 0) is 41.8 Å². The van der Waals surface area contributed by atoms with Gasteiger partial charge in [-0.3, -0.25) is 10.1 Å². The molecule has 0 aliphatic carbocycles. The Kier molecular flexibility index (Phi) is 6.30. The van der Waals surface area contributed by atoms with Gasteiger partial charge in [-0.15, -0.1) is 0 Å². The van der Waals surface area contributed by atoms with Gasteiger partial charge in [0.05, 0.1) is 15.5 Å². The van der Waals surface area contributed by atoms with Crippen LogP contribution in [-0.4, -0.2) is 14.9 Å². The number of hydrogen-bond acceptors (Lipinski definition) is 6. The topological polar surface area (TPSA) is 93.0 Å². The number of anilines is 4. The van der Waals surface area contributed by atoms with E-state index in [0.717, 1.165) is 24.0 Å². The Hall–Kier alpha value is -3.40. The number of hydrogen-bond donors (Lipinski definition) is 2. The Balaban J connectivity index is 1.95. The molecule has 11 heteroatoms. The molecule has 1 aromatic heterocycles. The van der Waals surface area contributed by atoms with Gasteiger partial charge in [0.15, 0.2) is 0 Å². The van der Waals surface area contributed by atoms with Crippen LogP contribution in [0.4, 0.5) is 41.9 Å². The van der Waals surface area contributed by atoms with Crippen LogP contribution < -0.4 is 10.6 Å². The molecule has 31 heavy (non-hydrogen) atoms. The van der Waals surface area contributed by atoms with Crippen molar-refractivity contribution in [3.63, 3.8) is 0 Å². The van der Waals surface area contributed by atoms with Gasteiger partial charge in [0.2, 0.25) is 11.6 Å². The van der Waals surface area contributed by atoms with Gasteiger partial charge in [0.25, 0.3) is 0 Å². The molecule has 0 spiro atoms. The summed E-state index contributed by atoms with van der Waals surface area (Å²) < 4.78 is 39.3. The van der Waals surface area contributed by atoms with Gasteiger partial charge in [0, 0.05) is 11.4 Å². The summed E-state index contributed by atoms with van der Waals surface area (Å²) in [5.41, 5.74) is 0.000438. The van der Waals surface area contributed by atoms with E-state index in [1.54, 1.807) is 12.1 Å². The maximum absolute atomic E-state index is 13.1. The number of aromatic nitrogens is 2. The summed E-state index contributed by atoms with van der Waals surface area (Å²) in [6.45, 7) is 4.08. The molecule has 1 heterocycles. The third-order valence-corrected chi connectivity index (χ3v) is 4.71. The predicted octanol–water partition coefficient (Wildman–Crippen LogP) is 6.67. The number of rotatable bonds is 6. The second-order valence-electron chi connectivity index (χ2n) is 6.90. The molecule has 3 aromatic rings. The molecular weight excluding hydrogens is 435 g/mol. The first-order valence-corrected chi connectivity index (χ1v) is 9.44. The molecule has 0 aliphatic heterocycles. The number of alkyl halides is 3. The average Bonchev–Trinajstić information content (AvgIpc) is 2.69. The molecule has 7 nitrogen and oxygen atoms in total. The highest BCUT2D eigenvalue weighted by atomic mass is 35.5. The summed E-state index contributed by atoms with van der Waals surface area (Å²) >= 11 is 5.62. The number of benzene rings is 2. The molecule has 0 atom stereocenters. The lowest BCUT2D eigenvalue weighted by Crippen LogP contribution is -2.08. The van der Waals surface area contributed by atoms with Crippen molar-refractivity contribution in [2.75, 3.05) is 10.6 Å². The molecule has 162 valence electrons. The highest BCUT2D eigenvalue weighted by molar-refractivity contribution is 6.31. The molecule has 0 bridgehead atoms. The molecule has 0 unspecified atom stereocenters. The highest BCUT2D eigenvalue weighted by Crippen LogP contribution is 2.38. The number of nitro groups is 1. The van der Waals surface area contributed by atoms with Crippen molar-refractivity contribution in [1.82, 2.24) is 9.97 Å². The van der Waals surface area contributed by atoms with Crippen molar-refractivity contribution in [2.24, 2.45) is 0 Å². The summed E-state index contributed by atoms with van der Waals surface area (Å²) in [6, 6.07) is 10.3. The van der Waals surface area contributed by atoms with Crippen molar-refractivity contribution in [3.05, 3.63) is 75.1 Å². The first-order valence-electron chi connectivity index (χ1n) is 9.06. The summed E-state index contributed by atoms with van der Waals surface area (Å²) in [4.78, 5) is 18.7. The van der Waals surface area contributed by atoms with Gasteiger partial charge >= 0.3 is 11.9 Å². The van der Waals surface area contributed by atoms with E-state index in [0.29, 0.717) is 11.6 Å². The van der Waals surface area contributed by atoms with Crippen LogP contribution in [0.3, 0.4) is 0 Å². The Morgan fingerprint density at radius 2 is 1.55 bits per heavy atom. The standard InChI is InChI=1S/C20H17ClF3N5O2/c1-11(2)12-3-5-13(6-4-12)27-18-17(29(30)31)19(26-10-25-18)28-14-7-8-16(21)15(9-14)20(22,23)24/h3-11H,1-2H3,(H2,25,26,27,28). The van der Waals surface area contributed by atoms with Gasteiger partial charge < -0.3 is 10.6 Å². The molecule has 0 aliphatic rings. The van der Waals surface area contributed by atoms with Crippen LogP contribution in [0.15, 0.2) is 48.8 Å². The lowest BCUT2D eigenvalue weighted by Gasteiger charge is -2.13. The SMILES string of the molecule is CC(C)c1ccc(Nc2ncnc(Nc3ccc(Cl)c(C(F)(F)F)c3)c2[N+](=O)[O-])cc1. The van der Waals surface area contributed by atoms with E-state index in [2.05, 4.69) is 20.6 Å². The fourth-order valence-corrected chi connectivity index (χ4v) is 3.00.